The van der Waals surface area contributed by atoms with Crippen LogP contribution in [0.5, 0.6) is 0 Å². The van der Waals surface area contributed by atoms with Gasteiger partial charge in [-0.1, -0.05) is 28.1 Å². The summed E-state index contributed by atoms with van der Waals surface area (Å²) in [5.74, 6) is 1.49. The van der Waals surface area contributed by atoms with Crippen molar-refractivity contribution in [3.8, 4) is 0 Å². The Hall–Kier alpha value is -0.650. The predicted molar refractivity (Wildman–Crippen MR) is 76.1 cm³/mol. The van der Waals surface area contributed by atoms with E-state index in [-0.39, 0.29) is 4.90 Å². The Kier molecular flexibility index (Phi) is 3.53. The van der Waals surface area contributed by atoms with Crippen molar-refractivity contribution >= 4 is 26.0 Å². The molecule has 2 aliphatic carbocycles. The molecule has 0 saturated heterocycles. The third-order valence-corrected chi connectivity index (χ3v) is 5.78. The number of halogens is 1. The lowest BCUT2D eigenvalue weighted by Crippen LogP contribution is -2.18. The molecule has 0 heterocycles. The Morgan fingerprint density at radius 2 is 1.89 bits per heavy atom. The third-order valence-electron chi connectivity index (χ3n) is 3.96. The van der Waals surface area contributed by atoms with Crippen molar-refractivity contribution in [2.24, 2.45) is 17.8 Å². The number of allylic oxidation sites excluding steroid dienone is 2. The number of hydrogen-bond acceptors (Lipinski definition) is 3. The lowest BCUT2D eigenvalue weighted by Gasteiger charge is -2.17. The van der Waals surface area contributed by atoms with Crippen molar-refractivity contribution < 1.29 is 12.6 Å². The fourth-order valence-corrected chi connectivity index (χ4v) is 4.16. The van der Waals surface area contributed by atoms with E-state index in [1.54, 1.807) is 24.3 Å². The summed E-state index contributed by atoms with van der Waals surface area (Å²) >= 11 is 3.28. The minimum absolute atomic E-state index is 0.217. The first-order valence-corrected chi connectivity index (χ1v) is 8.58. The molecule has 0 N–H and O–H groups in total. The Labute approximate surface area is 121 Å². The van der Waals surface area contributed by atoms with Crippen LogP contribution in [0.3, 0.4) is 0 Å². The van der Waals surface area contributed by atoms with Gasteiger partial charge in [-0.3, -0.25) is 4.18 Å². The molecule has 3 rings (SSSR count). The minimum Gasteiger partial charge on any atom is -0.266 e. The van der Waals surface area contributed by atoms with Gasteiger partial charge in [0.2, 0.25) is 0 Å². The maximum atomic E-state index is 12.1. The molecule has 1 saturated carbocycles. The highest BCUT2D eigenvalue weighted by atomic mass is 79.9. The van der Waals surface area contributed by atoms with Crippen molar-refractivity contribution in [2.45, 2.75) is 17.7 Å². The molecule has 1 fully saturated rings. The molecule has 0 spiro atoms. The molecule has 3 nitrogen and oxygen atoms in total. The van der Waals surface area contributed by atoms with Crippen molar-refractivity contribution in [3.63, 3.8) is 0 Å². The molecule has 0 radical (unpaired) electrons. The first-order chi connectivity index (χ1) is 9.04. The van der Waals surface area contributed by atoms with Crippen molar-refractivity contribution in [2.75, 3.05) is 6.61 Å². The van der Waals surface area contributed by atoms with Gasteiger partial charge in [-0.2, -0.15) is 8.42 Å². The standard InChI is InChI=1S/C14H15BrO3S/c15-13-3-5-14(6-4-13)19(16,17)18-9-12-8-10-1-2-11(12)7-10/h1-6,10-12H,7-9H2/t10-,11-,12-/m0/s1. The fraction of sp³-hybridized carbons (Fsp3) is 0.429. The van der Waals surface area contributed by atoms with Crippen LogP contribution in [0.25, 0.3) is 0 Å². The molecule has 3 atom stereocenters. The molecule has 102 valence electrons. The smallest absolute Gasteiger partial charge is 0.266 e. The molecular formula is C14H15BrO3S. The summed E-state index contributed by atoms with van der Waals surface area (Å²) in [7, 11) is -3.63. The highest BCUT2D eigenvalue weighted by Gasteiger charge is 2.36. The molecule has 19 heavy (non-hydrogen) atoms. The van der Waals surface area contributed by atoms with E-state index in [1.165, 1.54) is 0 Å². The van der Waals surface area contributed by atoms with E-state index in [1.807, 2.05) is 0 Å². The topological polar surface area (TPSA) is 43.4 Å². The summed E-state index contributed by atoms with van der Waals surface area (Å²) in [6, 6.07) is 6.52. The van der Waals surface area contributed by atoms with E-state index >= 15 is 0 Å². The largest absolute Gasteiger partial charge is 0.296 e. The highest BCUT2D eigenvalue weighted by Crippen LogP contribution is 2.43. The van der Waals surface area contributed by atoms with E-state index in [0.717, 1.165) is 17.3 Å². The van der Waals surface area contributed by atoms with Crippen LogP contribution in [0, 0.1) is 17.8 Å². The fourth-order valence-electron chi connectivity index (χ4n) is 2.93. The van der Waals surface area contributed by atoms with Gasteiger partial charge < -0.3 is 0 Å². The second-order valence-electron chi connectivity index (χ2n) is 5.23. The van der Waals surface area contributed by atoms with Gasteiger partial charge in [0.15, 0.2) is 0 Å². The van der Waals surface area contributed by atoms with Gasteiger partial charge in [-0.05, 0) is 54.9 Å². The average molecular weight is 343 g/mol. The quantitative estimate of drug-likeness (QED) is 0.622. The summed E-state index contributed by atoms with van der Waals surface area (Å²) in [6.07, 6.45) is 6.65. The SMILES string of the molecule is O=S(=O)(OC[C@@H]1C[C@H]2C=C[C@H]1C2)c1ccc(Br)cc1. The van der Waals surface area contributed by atoms with Gasteiger partial charge in [0.05, 0.1) is 11.5 Å². The number of fused-ring (bicyclic) bond motifs is 2. The summed E-state index contributed by atoms with van der Waals surface area (Å²) in [5.41, 5.74) is 0. The third kappa shape index (κ3) is 2.78. The van der Waals surface area contributed by atoms with Crippen LogP contribution in [0.15, 0.2) is 45.8 Å². The second-order valence-corrected chi connectivity index (χ2v) is 7.76. The van der Waals surface area contributed by atoms with Crippen molar-refractivity contribution in [3.05, 3.63) is 40.9 Å². The maximum Gasteiger partial charge on any atom is 0.296 e. The lowest BCUT2D eigenvalue weighted by atomic mass is 9.95. The zero-order chi connectivity index (χ0) is 13.5. The Balaban J connectivity index is 1.66. The molecule has 0 unspecified atom stereocenters. The molecule has 5 heteroatoms. The van der Waals surface area contributed by atoms with Crippen LogP contribution in [0.1, 0.15) is 12.8 Å². The Morgan fingerprint density at radius 3 is 2.47 bits per heavy atom. The molecule has 1 aromatic carbocycles. The van der Waals surface area contributed by atoms with Gasteiger partial charge in [-0.25, -0.2) is 0 Å². The number of rotatable bonds is 4. The van der Waals surface area contributed by atoms with E-state index in [9.17, 15) is 8.42 Å². The van der Waals surface area contributed by atoms with E-state index in [2.05, 4.69) is 28.1 Å². The zero-order valence-electron chi connectivity index (χ0n) is 10.3. The predicted octanol–water partition coefficient (Wildman–Crippen LogP) is 3.37. The average Bonchev–Trinajstić information content (AvgIpc) is 2.99. The van der Waals surface area contributed by atoms with Crippen LogP contribution in [-0.2, 0) is 14.3 Å². The molecule has 2 bridgehead atoms. The zero-order valence-corrected chi connectivity index (χ0v) is 12.7. The highest BCUT2D eigenvalue weighted by molar-refractivity contribution is 9.10. The summed E-state index contributed by atoms with van der Waals surface area (Å²) in [4.78, 5) is 0.217. The van der Waals surface area contributed by atoms with Gasteiger partial charge in [0.1, 0.15) is 0 Å². The van der Waals surface area contributed by atoms with Gasteiger partial charge in [0, 0.05) is 4.47 Å². The van der Waals surface area contributed by atoms with Crippen LogP contribution < -0.4 is 0 Å². The molecule has 0 aliphatic heterocycles. The Bertz CT molecular complexity index is 592. The number of benzene rings is 1. The minimum atomic E-state index is -3.63. The molecular weight excluding hydrogens is 328 g/mol. The normalized spacial score (nSPS) is 29.0. The van der Waals surface area contributed by atoms with Crippen LogP contribution in [-0.4, -0.2) is 15.0 Å². The van der Waals surface area contributed by atoms with Crippen molar-refractivity contribution in [1.29, 1.82) is 0 Å². The molecule has 1 aromatic rings. The van der Waals surface area contributed by atoms with Crippen LogP contribution in [0.4, 0.5) is 0 Å². The van der Waals surface area contributed by atoms with Gasteiger partial charge in [0.25, 0.3) is 10.1 Å². The van der Waals surface area contributed by atoms with Crippen LogP contribution in [0.2, 0.25) is 0 Å². The van der Waals surface area contributed by atoms with E-state index in [4.69, 9.17) is 4.18 Å². The monoisotopic (exact) mass is 342 g/mol. The Morgan fingerprint density at radius 1 is 1.16 bits per heavy atom. The first-order valence-electron chi connectivity index (χ1n) is 6.38. The number of hydrogen-bond donors (Lipinski definition) is 0. The van der Waals surface area contributed by atoms with E-state index < -0.39 is 10.1 Å². The molecule has 0 aromatic heterocycles. The molecule has 0 amide bonds. The summed E-state index contributed by atoms with van der Waals surface area (Å²) < 4.78 is 30.2. The van der Waals surface area contributed by atoms with Crippen molar-refractivity contribution in [1.82, 2.24) is 0 Å². The summed E-state index contributed by atoms with van der Waals surface area (Å²) in [6.45, 7) is 0.296. The van der Waals surface area contributed by atoms with E-state index in [0.29, 0.717) is 24.4 Å². The van der Waals surface area contributed by atoms with Gasteiger partial charge >= 0.3 is 0 Å². The maximum absolute atomic E-state index is 12.1. The second kappa shape index (κ2) is 5.04. The first kappa shape index (κ1) is 13.3. The lowest BCUT2D eigenvalue weighted by molar-refractivity contribution is 0.233. The van der Waals surface area contributed by atoms with Crippen LogP contribution >= 0.6 is 15.9 Å². The molecule has 2 aliphatic rings. The summed E-state index contributed by atoms with van der Waals surface area (Å²) in [5, 5.41) is 0. The van der Waals surface area contributed by atoms with Gasteiger partial charge in [-0.15, -0.1) is 0 Å².